The summed E-state index contributed by atoms with van der Waals surface area (Å²) in [5.74, 6) is 1.98. The molecule has 1 saturated carbocycles. The van der Waals surface area contributed by atoms with Gasteiger partial charge in [-0.2, -0.15) is 0 Å². The molecule has 0 unspecified atom stereocenters. The van der Waals surface area contributed by atoms with Gasteiger partial charge in [0.05, 0.1) is 18.5 Å². The van der Waals surface area contributed by atoms with Gasteiger partial charge in [-0.1, -0.05) is 23.7 Å². The van der Waals surface area contributed by atoms with Crippen molar-refractivity contribution in [3.05, 3.63) is 71.4 Å². The van der Waals surface area contributed by atoms with Crippen LogP contribution in [0, 0.1) is 12.8 Å². The van der Waals surface area contributed by atoms with Crippen molar-refractivity contribution in [2.45, 2.75) is 46.1 Å². The smallest absolute Gasteiger partial charge is 0.280 e. The molecule has 4 aromatic rings. The molecule has 5 rings (SSSR count). The van der Waals surface area contributed by atoms with E-state index in [1.165, 1.54) is 30.5 Å². The van der Waals surface area contributed by atoms with Gasteiger partial charge in [0.2, 0.25) is 0 Å². The predicted octanol–water partition coefficient (Wildman–Crippen LogP) is 5.40. The Hall–Kier alpha value is -3.61. The first-order valence-electron chi connectivity index (χ1n) is 11.9. The number of aromatic nitrogens is 3. The third kappa shape index (κ3) is 4.42. The van der Waals surface area contributed by atoms with Crippen LogP contribution in [-0.4, -0.2) is 34.3 Å². The van der Waals surface area contributed by atoms with Crippen LogP contribution >= 0.6 is 0 Å². The van der Waals surface area contributed by atoms with Crippen molar-refractivity contribution in [3.63, 3.8) is 0 Å². The molecule has 0 spiro atoms. The first-order chi connectivity index (χ1) is 16.5. The van der Waals surface area contributed by atoms with Crippen LogP contribution in [0.15, 0.2) is 53.2 Å². The van der Waals surface area contributed by atoms with E-state index < -0.39 is 0 Å². The highest BCUT2D eigenvalue weighted by atomic mass is 16.5. The van der Waals surface area contributed by atoms with Gasteiger partial charge in [0.25, 0.3) is 5.91 Å². The molecule has 0 aliphatic heterocycles. The van der Waals surface area contributed by atoms with Crippen LogP contribution in [0.25, 0.3) is 11.0 Å². The normalized spacial score (nSPS) is 13.7. The van der Waals surface area contributed by atoms with Crippen LogP contribution in [0.1, 0.15) is 53.7 Å². The van der Waals surface area contributed by atoms with E-state index in [1.807, 2.05) is 25.1 Å². The topological polar surface area (TPSA) is 73.4 Å². The van der Waals surface area contributed by atoms with Gasteiger partial charge in [-0.15, -0.1) is 0 Å². The number of benzene rings is 1. The molecule has 0 atom stereocenters. The van der Waals surface area contributed by atoms with Crippen LogP contribution in [-0.2, 0) is 13.0 Å². The number of hydrogen-bond donors (Lipinski definition) is 0. The highest BCUT2D eigenvalue weighted by Crippen LogP contribution is 2.32. The maximum absolute atomic E-state index is 12.8. The lowest BCUT2D eigenvalue weighted by molar-refractivity contribution is 0.0984. The van der Waals surface area contributed by atoms with Crippen molar-refractivity contribution in [1.29, 1.82) is 0 Å². The lowest BCUT2D eigenvalue weighted by atomic mass is 9.85. The number of nitrogens with zero attached hydrogens (tertiary/aromatic N) is 4. The summed E-state index contributed by atoms with van der Waals surface area (Å²) >= 11 is 0. The van der Waals surface area contributed by atoms with E-state index in [-0.39, 0.29) is 5.91 Å². The Labute approximate surface area is 199 Å². The molecule has 1 fully saturated rings. The SMILES string of the molecule is CCOc1ccc(Cc2cc3cc(N(C)C(=O)c4cc(C)on4)cnc3n2CC2CCC2)cc1. The number of amides is 1. The zero-order valence-electron chi connectivity index (χ0n) is 20.0. The number of anilines is 1. The Morgan fingerprint density at radius 2 is 2.00 bits per heavy atom. The van der Waals surface area contributed by atoms with Gasteiger partial charge in [-0.25, -0.2) is 4.98 Å². The Kier molecular flexibility index (Phi) is 6.09. The van der Waals surface area contributed by atoms with Crippen molar-refractivity contribution in [2.24, 2.45) is 5.92 Å². The molecule has 0 saturated heterocycles. The maximum Gasteiger partial charge on any atom is 0.280 e. The number of rotatable bonds is 8. The molecule has 3 aromatic heterocycles. The highest BCUT2D eigenvalue weighted by molar-refractivity contribution is 6.05. The van der Waals surface area contributed by atoms with E-state index in [9.17, 15) is 4.79 Å². The number of hydrogen-bond acceptors (Lipinski definition) is 5. The van der Waals surface area contributed by atoms with Gasteiger partial charge in [0.15, 0.2) is 5.69 Å². The standard InChI is InChI=1S/C27H30N4O3/c1-4-33-24-10-8-19(9-11-24)13-22-14-21-15-23(30(3)27(32)25-12-18(2)34-29-25)16-28-26(21)31(22)17-20-6-5-7-20/h8-12,14-16,20H,4-7,13,17H2,1-3H3. The summed E-state index contributed by atoms with van der Waals surface area (Å²) in [6.45, 7) is 5.41. The molecule has 0 N–H and O–H groups in total. The molecule has 1 aliphatic carbocycles. The quantitative estimate of drug-likeness (QED) is 0.353. The van der Waals surface area contributed by atoms with Crippen molar-refractivity contribution < 1.29 is 14.1 Å². The zero-order chi connectivity index (χ0) is 23.7. The minimum Gasteiger partial charge on any atom is -0.494 e. The van der Waals surface area contributed by atoms with Crippen LogP contribution in [0.3, 0.4) is 0 Å². The second kappa shape index (κ2) is 9.33. The molecule has 7 heteroatoms. The minimum absolute atomic E-state index is 0.221. The summed E-state index contributed by atoms with van der Waals surface area (Å²) in [5.41, 5.74) is 4.45. The fourth-order valence-electron chi connectivity index (χ4n) is 4.49. The average molecular weight is 459 g/mol. The fraction of sp³-hybridized carbons (Fsp3) is 0.370. The van der Waals surface area contributed by atoms with E-state index in [0.29, 0.717) is 24.0 Å². The molecule has 34 heavy (non-hydrogen) atoms. The monoisotopic (exact) mass is 458 g/mol. The second-order valence-corrected chi connectivity index (χ2v) is 9.09. The molecule has 3 heterocycles. The number of fused-ring (bicyclic) bond motifs is 1. The number of aryl methyl sites for hydroxylation is 1. The predicted molar refractivity (Wildman–Crippen MR) is 131 cm³/mol. The number of ether oxygens (including phenoxy) is 1. The third-order valence-electron chi connectivity index (χ3n) is 6.63. The molecule has 0 radical (unpaired) electrons. The van der Waals surface area contributed by atoms with E-state index in [2.05, 4.69) is 27.9 Å². The lowest BCUT2D eigenvalue weighted by Crippen LogP contribution is -2.26. The average Bonchev–Trinajstić information content (AvgIpc) is 3.39. The maximum atomic E-state index is 12.8. The van der Waals surface area contributed by atoms with E-state index >= 15 is 0 Å². The minimum atomic E-state index is -0.221. The molecule has 7 nitrogen and oxygen atoms in total. The summed E-state index contributed by atoms with van der Waals surface area (Å²) < 4.78 is 13.0. The van der Waals surface area contributed by atoms with Crippen LogP contribution in [0.5, 0.6) is 5.75 Å². The molecule has 1 amide bonds. The van der Waals surface area contributed by atoms with Gasteiger partial charge in [0.1, 0.15) is 17.2 Å². The Balaban J connectivity index is 1.46. The summed E-state index contributed by atoms with van der Waals surface area (Å²) in [6, 6.07) is 14.2. The summed E-state index contributed by atoms with van der Waals surface area (Å²) in [7, 11) is 1.74. The van der Waals surface area contributed by atoms with Crippen molar-refractivity contribution in [2.75, 3.05) is 18.6 Å². The van der Waals surface area contributed by atoms with Crippen LogP contribution in [0.2, 0.25) is 0 Å². The van der Waals surface area contributed by atoms with Gasteiger partial charge in [-0.3, -0.25) is 4.79 Å². The number of carbonyl (C=O) groups is 1. The number of pyridine rings is 1. The second-order valence-electron chi connectivity index (χ2n) is 9.09. The molecular formula is C27H30N4O3. The summed E-state index contributed by atoms with van der Waals surface area (Å²) in [5, 5.41) is 4.89. The number of carbonyl (C=O) groups excluding carboxylic acids is 1. The molecule has 1 aromatic carbocycles. The third-order valence-corrected chi connectivity index (χ3v) is 6.63. The van der Waals surface area contributed by atoms with Gasteiger partial charge >= 0.3 is 0 Å². The van der Waals surface area contributed by atoms with Gasteiger partial charge < -0.3 is 18.7 Å². The van der Waals surface area contributed by atoms with Gasteiger partial charge in [0, 0.05) is 37.2 Å². The van der Waals surface area contributed by atoms with Crippen LogP contribution in [0.4, 0.5) is 5.69 Å². The Bertz CT molecular complexity index is 1300. The van der Waals surface area contributed by atoms with E-state index in [1.54, 1.807) is 31.1 Å². The summed E-state index contributed by atoms with van der Waals surface area (Å²) in [4.78, 5) is 19.2. The summed E-state index contributed by atoms with van der Waals surface area (Å²) in [6.07, 6.45) is 6.44. The zero-order valence-corrected chi connectivity index (χ0v) is 20.0. The van der Waals surface area contributed by atoms with E-state index in [4.69, 9.17) is 14.2 Å². The fourth-order valence-corrected chi connectivity index (χ4v) is 4.49. The van der Waals surface area contributed by atoms with Gasteiger partial charge in [-0.05, 0) is 62.4 Å². The molecule has 1 aliphatic rings. The van der Waals surface area contributed by atoms with E-state index in [0.717, 1.165) is 35.4 Å². The molecule has 0 bridgehead atoms. The Morgan fingerprint density at radius 3 is 2.65 bits per heavy atom. The van der Waals surface area contributed by atoms with Crippen LogP contribution < -0.4 is 9.64 Å². The lowest BCUT2D eigenvalue weighted by Gasteiger charge is -2.27. The first-order valence-corrected chi connectivity index (χ1v) is 11.9. The first kappa shape index (κ1) is 22.2. The largest absolute Gasteiger partial charge is 0.494 e. The van der Waals surface area contributed by atoms with Crippen molar-refractivity contribution >= 4 is 22.6 Å². The van der Waals surface area contributed by atoms with Crippen molar-refractivity contribution in [1.82, 2.24) is 14.7 Å². The highest BCUT2D eigenvalue weighted by Gasteiger charge is 2.22. The molecular weight excluding hydrogens is 428 g/mol. The van der Waals surface area contributed by atoms with Crippen molar-refractivity contribution in [3.8, 4) is 5.75 Å². The molecule has 176 valence electrons. The Morgan fingerprint density at radius 1 is 1.21 bits per heavy atom.